The van der Waals surface area contributed by atoms with Crippen molar-refractivity contribution >= 4 is 11.6 Å². The monoisotopic (exact) mass is 290 g/mol. The quantitative estimate of drug-likeness (QED) is 0.787. The summed E-state index contributed by atoms with van der Waals surface area (Å²) in [6, 6.07) is 0. The predicted molar refractivity (Wildman–Crippen MR) is 80.7 cm³/mol. The number of carbonyl (C=O) groups excluding carboxylic acids is 2. The molecule has 0 aromatic carbocycles. The van der Waals surface area contributed by atoms with E-state index in [-0.39, 0.29) is 17.3 Å². The van der Waals surface area contributed by atoms with Crippen LogP contribution in [0.15, 0.2) is 11.3 Å². The van der Waals surface area contributed by atoms with Crippen molar-refractivity contribution in [2.75, 3.05) is 0 Å². The molecule has 21 heavy (non-hydrogen) atoms. The average molecular weight is 290 g/mol. The second-order valence-electron chi connectivity index (χ2n) is 7.25. The zero-order valence-electron chi connectivity index (χ0n) is 13.2. The molecule has 0 amide bonds. The summed E-state index contributed by atoms with van der Waals surface area (Å²) in [4.78, 5) is 23.2. The molecule has 1 saturated carbocycles. The standard InChI is InChI=1S/C18H26O3/c1-12(19)4-3-5-13-6-7-14-15-8-9-17(20)18(15,2)11-10-16(14)21-13/h13,15H,3-11H2,1-2H3/t13?,15-,18-/m1/s1. The summed E-state index contributed by atoms with van der Waals surface area (Å²) in [6.07, 6.45) is 8.66. The van der Waals surface area contributed by atoms with Gasteiger partial charge in [-0.3, -0.25) is 4.79 Å². The van der Waals surface area contributed by atoms with Crippen molar-refractivity contribution in [1.82, 2.24) is 0 Å². The second kappa shape index (κ2) is 5.58. The number of fused-ring (bicyclic) bond motifs is 2. The number of carbonyl (C=O) groups is 2. The van der Waals surface area contributed by atoms with Gasteiger partial charge in [-0.25, -0.2) is 0 Å². The van der Waals surface area contributed by atoms with Crippen LogP contribution in [-0.4, -0.2) is 17.7 Å². The SMILES string of the molecule is CC(=O)CCCC1CCC2=C(CC[C@@]3(C)C(=O)CC[C@H]23)O1. The lowest BCUT2D eigenvalue weighted by Crippen LogP contribution is -2.36. The minimum Gasteiger partial charge on any atom is -0.495 e. The number of ketones is 2. The zero-order chi connectivity index (χ0) is 15.0. The Morgan fingerprint density at radius 2 is 2.10 bits per heavy atom. The Labute approximate surface area is 127 Å². The maximum atomic E-state index is 12.2. The third-order valence-corrected chi connectivity index (χ3v) is 5.82. The van der Waals surface area contributed by atoms with E-state index in [0.29, 0.717) is 18.1 Å². The van der Waals surface area contributed by atoms with Gasteiger partial charge < -0.3 is 9.53 Å². The first kappa shape index (κ1) is 14.8. The Kier molecular flexibility index (Phi) is 3.94. The van der Waals surface area contributed by atoms with Crippen molar-refractivity contribution in [3.05, 3.63) is 11.3 Å². The first-order valence-corrected chi connectivity index (χ1v) is 8.42. The number of ether oxygens (including phenoxy) is 1. The smallest absolute Gasteiger partial charge is 0.139 e. The summed E-state index contributed by atoms with van der Waals surface area (Å²) in [5, 5.41) is 0. The van der Waals surface area contributed by atoms with Crippen LogP contribution in [0.25, 0.3) is 0 Å². The second-order valence-corrected chi connectivity index (χ2v) is 7.25. The molecule has 0 spiro atoms. The zero-order valence-corrected chi connectivity index (χ0v) is 13.2. The molecule has 1 unspecified atom stereocenters. The third-order valence-electron chi connectivity index (χ3n) is 5.82. The summed E-state index contributed by atoms with van der Waals surface area (Å²) in [6.45, 7) is 3.82. The van der Waals surface area contributed by atoms with Gasteiger partial charge in [0.05, 0.1) is 11.9 Å². The molecule has 1 fully saturated rings. The van der Waals surface area contributed by atoms with Crippen molar-refractivity contribution in [3.8, 4) is 0 Å². The van der Waals surface area contributed by atoms with Crippen LogP contribution in [0.2, 0.25) is 0 Å². The minimum absolute atomic E-state index is 0.107. The van der Waals surface area contributed by atoms with Crippen molar-refractivity contribution in [2.24, 2.45) is 11.3 Å². The molecule has 1 aliphatic heterocycles. The Bertz CT molecular complexity index is 491. The Hall–Kier alpha value is -1.12. The van der Waals surface area contributed by atoms with E-state index >= 15 is 0 Å². The summed E-state index contributed by atoms with van der Waals surface area (Å²) in [5.41, 5.74) is 1.33. The molecule has 0 N–H and O–H groups in total. The molecule has 0 bridgehead atoms. The largest absolute Gasteiger partial charge is 0.495 e. The van der Waals surface area contributed by atoms with Gasteiger partial charge in [0.1, 0.15) is 11.6 Å². The Morgan fingerprint density at radius 3 is 2.86 bits per heavy atom. The van der Waals surface area contributed by atoms with Crippen molar-refractivity contribution in [3.63, 3.8) is 0 Å². The van der Waals surface area contributed by atoms with E-state index in [0.717, 1.165) is 51.4 Å². The number of rotatable bonds is 4. The fraction of sp³-hybridized carbons (Fsp3) is 0.778. The van der Waals surface area contributed by atoms with E-state index < -0.39 is 0 Å². The Balaban J connectivity index is 1.65. The first-order valence-electron chi connectivity index (χ1n) is 8.42. The highest BCUT2D eigenvalue weighted by atomic mass is 16.5. The summed E-state index contributed by atoms with van der Waals surface area (Å²) in [7, 11) is 0. The van der Waals surface area contributed by atoms with Crippen LogP contribution in [0.4, 0.5) is 0 Å². The van der Waals surface area contributed by atoms with Crippen LogP contribution in [0.5, 0.6) is 0 Å². The molecule has 3 aliphatic rings. The first-order chi connectivity index (χ1) is 10.0. The van der Waals surface area contributed by atoms with Gasteiger partial charge in [0.2, 0.25) is 0 Å². The average Bonchev–Trinajstić information content (AvgIpc) is 2.75. The maximum absolute atomic E-state index is 12.2. The highest BCUT2D eigenvalue weighted by Gasteiger charge is 2.51. The molecule has 0 saturated heterocycles. The van der Waals surface area contributed by atoms with E-state index in [1.165, 1.54) is 11.3 Å². The lowest BCUT2D eigenvalue weighted by Gasteiger charge is -2.41. The van der Waals surface area contributed by atoms with Gasteiger partial charge in [0.15, 0.2) is 0 Å². The van der Waals surface area contributed by atoms with Crippen molar-refractivity contribution in [2.45, 2.75) is 77.7 Å². The highest BCUT2D eigenvalue weighted by molar-refractivity contribution is 5.87. The van der Waals surface area contributed by atoms with Gasteiger partial charge in [0.25, 0.3) is 0 Å². The molecule has 3 rings (SSSR count). The molecular weight excluding hydrogens is 264 g/mol. The number of hydrogen-bond donors (Lipinski definition) is 0. The summed E-state index contributed by atoms with van der Waals surface area (Å²) < 4.78 is 6.22. The fourth-order valence-electron chi connectivity index (χ4n) is 4.48. The van der Waals surface area contributed by atoms with E-state index in [4.69, 9.17) is 4.74 Å². The van der Waals surface area contributed by atoms with Crippen molar-refractivity contribution in [1.29, 1.82) is 0 Å². The maximum Gasteiger partial charge on any atom is 0.139 e. The van der Waals surface area contributed by atoms with Crippen LogP contribution < -0.4 is 0 Å². The highest BCUT2D eigenvalue weighted by Crippen LogP contribution is 2.54. The molecule has 3 nitrogen and oxygen atoms in total. The van der Waals surface area contributed by atoms with Gasteiger partial charge in [-0.1, -0.05) is 6.92 Å². The van der Waals surface area contributed by atoms with Gasteiger partial charge in [-0.05, 0) is 56.9 Å². The predicted octanol–water partition coefficient (Wildman–Crippen LogP) is 3.96. The van der Waals surface area contributed by atoms with Gasteiger partial charge >= 0.3 is 0 Å². The molecule has 0 aromatic heterocycles. The van der Waals surface area contributed by atoms with E-state index in [1.807, 2.05) is 0 Å². The van der Waals surface area contributed by atoms with E-state index in [1.54, 1.807) is 6.92 Å². The molecule has 0 radical (unpaired) electrons. The molecule has 1 heterocycles. The van der Waals surface area contributed by atoms with Crippen LogP contribution in [0.1, 0.15) is 71.6 Å². The summed E-state index contributed by atoms with van der Waals surface area (Å²) in [5.74, 6) is 2.35. The van der Waals surface area contributed by atoms with Crippen LogP contribution >= 0.6 is 0 Å². The molecule has 3 heteroatoms. The molecule has 0 aromatic rings. The van der Waals surface area contributed by atoms with Gasteiger partial charge in [0, 0.05) is 24.7 Å². The molecule has 3 atom stereocenters. The fourth-order valence-corrected chi connectivity index (χ4v) is 4.48. The lowest BCUT2D eigenvalue weighted by molar-refractivity contribution is -0.127. The number of hydrogen-bond acceptors (Lipinski definition) is 3. The van der Waals surface area contributed by atoms with Crippen LogP contribution in [0.3, 0.4) is 0 Å². The summed E-state index contributed by atoms with van der Waals surface area (Å²) >= 11 is 0. The van der Waals surface area contributed by atoms with Crippen LogP contribution in [0, 0.1) is 11.3 Å². The molecule has 116 valence electrons. The third kappa shape index (κ3) is 2.67. The molecular formula is C18H26O3. The van der Waals surface area contributed by atoms with Crippen LogP contribution in [-0.2, 0) is 14.3 Å². The van der Waals surface area contributed by atoms with E-state index in [9.17, 15) is 9.59 Å². The minimum atomic E-state index is -0.107. The number of allylic oxidation sites excluding steroid dienone is 2. The normalized spacial score (nSPS) is 35.2. The van der Waals surface area contributed by atoms with E-state index in [2.05, 4.69) is 6.92 Å². The van der Waals surface area contributed by atoms with Crippen molar-refractivity contribution < 1.29 is 14.3 Å². The lowest BCUT2D eigenvalue weighted by atomic mass is 9.66. The molecule has 2 aliphatic carbocycles. The van der Waals surface area contributed by atoms with Gasteiger partial charge in [-0.15, -0.1) is 0 Å². The number of Topliss-reactive ketones (excluding diaryl/α,β-unsaturated/α-hetero) is 2. The van der Waals surface area contributed by atoms with Gasteiger partial charge in [-0.2, -0.15) is 0 Å². The topological polar surface area (TPSA) is 43.4 Å². The Morgan fingerprint density at radius 1 is 1.29 bits per heavy atom.